The first-order valence-corrected chi connectivity index (χ1v) is 7.54. The molecule has 0 bridgehead atoms. The molecule has 1 aromatic heterocycles. The lowest BCUT2D eigenvalue weighted by Crippen LogP contribution is -2.43. The van der Waals surface area contributed by atoms with Crippen molar-refractivity contribution < 1.29 is 5.11 Å². The summed E-state index contributed by atoms with van der Waals surface area (Å²) in [5, 5.41) is 10.8. The summed E-state index contributed by atoms with van der Waals surface area (Å²) in [6, 6.07) is 8.17. The Morgan fingerprint density at radius 1 is 1.40 bits per heavy atom. The van der Waals surface area contributed by atoms with Crippen LogP contribution in [0, 0.1) is 5.92 Å². The third-order valence-electron chi connectivity index (χ3n) is 4.34. The Morgan fingerprint density at radius 3 is 2.80 bits per heavy atom. The highest BCUT2D eigenvalue weighted by atomic mass is 16.3. The lowest BCUT2D eigenvalue weighted by Gasteiger charge is -2.26. The Bertz CT molecular complexity index is 603. The second-order valence-electron chi connectivity index (χ2n) is 5.93. The van der Waals surface area contributed by atoms with E-state index in [0.717, 1.165) is 42.7 Å². The second kappa shape index (κ2) is 5.19. The van der Waals surface area contributed by atoms with Crippen LogP contribution >= 0.6 is 0 Å². The van der Waals surface area contributed by atoms with Crippen LogP contribution in [-0.4, -0.2) is 26.8 Å². The van der Waals surface area contributed by atoms with Gasteiger partial charge in [0.2, 0.25) is 0 Å². The first-order valence-electron chi connectivity index (χ1n) is 7.54. The van der Waals surface area contributed by atoms with Gasteiger partial charge in [-0.15, -0.1) is 0 Å². The van der Waals surface area contributed by atoms with Gasteiger partial charge >= 0.3 is 0 Å². The van der Waals surface area contributed by atoms with E-state index in [4.69, 9.17) is 10.7 Å². The molecule has 1 saturated carbocycles. The minimum Gasteiger partial charge on any atom is -0.388 e. The lowest BCUT2D eigenvalue weighted by atomic mass is 9.93. The van der Waals surface area contributed by atoms with Gasteiger partial charge in [0.25, 0.3) is 0 Å². The minimum atomic E-state index is -0.785. The highest BCUT2D eigenvalue weighted by molar-refractivity contribution is 5.75. The van der Waals surface area contributed by atoms with Crippen LogP contribution in [-0.2, 0) is 13.0 Å². The number of rotatable bonds is 6. The standard InChI is InChI=1S/C16H23N3O/c1-2-9-19-14-6-4-3-5-13(14)18-15(19)10-16(20,11-17)12-7-8-12/h3-6,12,20H,2,7-11,17H2,1H3. The third kappa shape index (κ3) is 2.34. The van der Waals surface area contributed by atoms with Crippen LogP contribution in [0.25, 0.3) is 11.0 Å². The highest BCUT2D eigenvalue weighted by Crippen LogP contribution is 2.41. The van der Waals surface area contributed by atoms with Gasteiger partial charge < -0.3 is 15.4 Å². The fourth-order valence-corrected chi connectivity index (χ4v) is 3.01. The minimum absolute atomic E-state index is 0.312. The quantitative estimate of drug-likeness (QED) is 0.847. The molecule has 3 N–H and O–H groups in total. The summed E-state index contributed by atoms with van der Waals surface area (Å²) in [7, 11) is 0. The molecule has 1 fully saturated rings. The molecule has 0 saturated heterocycles. The second-order valence-corrected chi connectivity index (χ2v) is 5.93. The number of nitrogens with two attached hydrogens (primary N) is 1. The molecule has 3 rings (SSSR count). The van der Waals surface area contributed by atoms with E-state index < -0.39 is 5.60 Å². The van der Waals surface area contributed by atoms with E-state index >= 15 is 0 Å². The Balaban J connectivity index is 1.99. The predicted molar refractivity (Wildman–Crippen MR) is 80.5 cm³/mol. The van der Waals surface area contributed by atoms with E-state index in [0.29, 0.717) is 18.9 Å². The number of imidazole rings is 1. The summed E-state index contributed by atoms with van der Waals surface area (Å²) >= 11 is 0. The van der Waals surface area contributed by atoms with Gasteiger partial charge in [-0.25, -0.2) is 4.98 Å². The topological polar surface area (TPSA) is 64.1 Å². The van der Waals surface area contributed by atoms with E-state index in [1.165, 1.54) is 0 Å². The summed E-state index contributed by atoms with van der Waals surface area (Å²) < 4.78 is 2.23. The van der Waals surface area contributed by atoms with Crippen molar-refractivity contribution in [1.82, 2.24) is 9.55 Å². The number of hydrogen-bond donors (Lipinski definition) is 2. The largest absolute Gasteiger partial charge is 0.388 e. The Hall–Kier alpha value is -1.39. The van der Waals surface area contributed by atoms with E-state index in [2.05, 4.69) is 17.6 Å². The molecular weight excluding hydrogens is 250 g/mol. The summed E-state index contributed by atoms with van der Waals surface area (Å²) in [6.45, 7) is 3.41. The lowest BCUT2D eigenvalue weighted by molar-refractivity contribution is 0.0241. The maximum atomic E-state index is 10.8. The van der Waals surface area contributed by atoms with Gasteiger partial charge in [-0.05, 0) is 37.3 Å². The number of hydrogen-bond acceptors (Lipinski definition) is 3. The van der Waals surface area contributed by atoms with Gasteiger partial charge in [-0.3, -0.25) is 0 Å². The maximum absolute atomic E-state index is 10.8. The molecule has 0 spiro atoms. The molecule has 20 heavy (non-hydrogen) atoms. The zero-order chi connectivity index (χ0) is 14.2. The molecule has 2 aromatic rings. The SMILES string of the molecule is CCCn1c(CC(O)(CN)C2CC2)nc2ccccc21. The molecule has 0 aliphatic heterocycles. The van der Waals surface area contributed by atoms with Crippen LogP contribution in [0.2, 0.25) is 0 Å². The fraction of sp³-hybridized carbons (Fsp3) is 0.562. The molecule has 1 aromatic carbocycles. The van der Waals surface area contributed by atoms with Crippen LogP contribution in [0.1, 0.15) is 32.0 Å². The molecule has 0 radical (unpaired) electrons. The van der Waals surface area contributed by atoms with Crippen LogP contribution in [0.5, 0.6) is 0 Å². The van der Waals surface area contributed by atoms with Crippen molar-refractivity contribution in [1.29, 1.82) is 0 Å². The van der Waals surface area contributed by atoms with Gasteiger partial charge in [-0.1, -0.05) is 19.1 Å². The van der Waals surface area contributed by atoms with Gasteiger partial charge in [0.1, 0.15) is 5.82 Å². The Morgan fingerprint density at radius 2 is 2.15 bits per heavy atom. The van der Waals surface area contributed by atoms with Crippen molar-refractivity contribution in [3.05, 3.63) is 30.1 Å². The molecule has 0 amide bonds. The van der Waals surface area contributed by atoms with Crippen LogP contribution in [0.3, 0.4) is 0 Å². The summed E-state index contributed by atoms with van der Waals surface area (Å²) in [4.78, 5) is 4.72. The van der Waals surface area contributed by atoms with E-state index in [9.17, 15) is 5.11 Å². The molecular formula is C16H23N3O. The summed E-state index contributed by atoms with van der Waals surface area (Å²) in [6.07, 6.45) is 3.78. The molecule has 4 nitrogen and oxygen atoms in total. The van der Waals surface area contributed by atoms with Crippen molar-refractivity contribution in [2.45, 2.75) is 44.8 Å². The van der Waals surface area contributed by atoms with Gasteiger partial charge in [0.15, 0.2) is 0 Å². The highest BCUT2D eigenvalue weighted by Gasteiger charge is 2.43. The van der Waals surface area contributed by atoms with Crippen LogP contribution in [0.4, 0.5) is 0 Å². The van der Waals surface area contributed by atoms with Crippen molar-refractivity contribution in [2.24, 2.45) is 11.7 Å². The molecule has 4 heteroatoms. The smallest absolute Gasteiger partial charge is 0.112 e. The van der Waals surface area contributed by atoms with Crippen molar-refractivity contribution in [3.8, 4) is 0 Å². The Kier molecular flexibility index (Phi) is 3.52. The number of nitrogens with zero attached hydrogens (tertiary/aromatic N) is 2. The number of aryl methyl sites for hydroxylation is 1. The number of fused-ring (bicyclic) bond motifs is 1. The molecule has 108 valence electrons. The average molecular weight is 273 g/mol. The zero-order valence-corrected chi connectivity index (χ0v) is 12.0. The molecule has 1 unspecified atom stereocenters. The van der Waals surface area contributed by atoms with Crippen molar-refractivity contribution in [3.63, 3.8) is 0 Å². The first-order chi connectivity index (χ1) is 9.68. The van der Waals surface area contributed by atoms with Gasteiger partial charge in [0.05, 0.1) is 16.6 Å². The average Bonchev–Trinajstić information content (AvgIpc) is 3.26. The summed E-state index contributed by atoms with van der Waals surface area (Å²) in [5.41, 5.74) is 7.20. The van der Waals surface area contributed by atoms with Crippen molar-refractivity contribution >= 4 is 11.0 Å². The van der Waals surface area contributed by atoms with Gasteiger partial charge in [0, 0.05) is 19.5 Å². The van der Waals surface area contributed by atoms with E-state index in [-0.39, 0.29) is 0 Å². The number of aliphatic hydroxyl groups is 1. The van der Waals surface area contributed by atoms with Crippen molar-refractivity contribution in [2.75, 3.05) is 6.54 Å². The summed E-state index contributed by atoms with van der Waals surface area (Å²) in [5.74, 6) is 1.32. The fourth-order valence-electron chi connectivity index (χ4n) is 3.01. The number of aromatic nitrogens is 2. The molecule has 1 aliphatic rings. The molecule has 1 heterocycles. The maximum Gasteiger partial charge on any atom is 0.112 e. The predicted octanol–water partition coefficient (Wildman–Crippen LogP) is 2.09. The third-order valence-corrected chi connectivity index (χ3v) is 4.34. The van der Waals surface area contributed by atoms with Crippen LogP contribution < -0.4 is 5.73 Å². The molecule has 1 atom stereocenters. The van der Waals surface area contributed by atoms with E-state index in [1.54, 1.807) is 0 Å². The normalized spacial score (nSPS) is 18.4. The first kappa shape index (κ1) is 13.6. The van der Waals surface area contributed by atoms with E-state index in [1.807, 2.05) is 18.2 Å². The number of benzene rings is 1. The Labute approximate surface area is 119 Å². The number of para-hydroxylation sites is 2. The molecule has 1 aliphatic carbocycles. The van der Waals surface area contributed by atoms with Crippen LogP contribution in [0.15, 0.2) is 24.3 Å². The van der Waals surface area contributed by atoms with Gasteiger partial charge in [-0.2, -0.15) is 0 Å². The monoisotopic (exact) mass is 273 g/mol. The zero-order valence-electron chi connectivity index (χ0n) is 12.0.